The van der Waals surface area contributed by atoms with Crippen molar-refractivity contribution in [2.24, 2.45) is 5.41 Å². The van der Waals surface area contributed by atoms with Crippen LogP contribution in [0.15, 0.2) is 0 Å². The van der Waals surface area contributed by atoms with Crippen LogP contribution in [0.5, 0.6) is 0 Å². The fourth-order valence-electron chi connectivity index (χ4n) is 1.66. The highest BCUT2D eigenvalue weighted by Crippen LogP contribution is 2.26. The summed E-state index contributed by atoms with van der Waals surface area (Å²) in [5, 5.41) is 3.41. The molecule has 1 rings (SSSR count). The van der Waals surface area contributed by atoms with Gasteiger partial charge in [-0.05, 0) is 19.5 Å². The average molecular weight is 217 g/mol. The van der Waals surface area contributed by atoms with Crippen molar-refractivity contribution in [3.63, 3.8) is 0 Å². The average Bonchev–Trinajstić information content (AvgIpc) is 2.45. The minimum absolute atomic E-state index is 0.330. The van der Waals surface area contributed by atoms with Crippen LogP contribution in [-0.4, -0.2) is 48.4 Å². The van der Waals surface area contributed by atoms with Gasteiger partial charge >= 0.3 is 0 Å². The Bertz CT molecular complexity index is 179. The van der Waals surface area contributed by atoms with Crippen molar-refractivity contribution in [2.45, 2.75) is 26.8 Å². The normalized spacial score (nSPS) is 22.9. The molecule has 3 nitrogen and oxygen atoms in total. The first kappa shape index (κ1) is 12.3. The van der Waals surface area contributed by atoms with Crippen LogP contribution in [0.25, 0.3) is 0 Å². The highest BCUT2D eigenvalue weighted by atomic mass is 32.2. The van der Waals surface area contributed by atoms with E-state index < -0.39 is 0 Å². The van der Waals surface area contributed by atoms with Gasteiger partial charge in [0.05, 0.1) is 0 Å². The van der Waals surface area contributed by atoms with Crippen molar-refractivity contribution in [2.75, 3.05) is 33.7 Å². The lowest BCUT2D eigenvalue weighted by Crippen LogP contribution is -2.45. The summed E-state index contributed by atoms with van der Waals surface area (Å²) in [7, 11) is 4.20. The first-order chi connectivity index (χ1) is 6.43. The summed E-state index contributed by atoms with van der Waals surface area (Å²) >= 11 is 1.85. The number of rotatable bonds is 3. The topological polar surface area (TPSA) is 18.5 Å². The van der Waals surface area contributed by atoms with Gasteiger partial charge in [-0.3, -0.25) is 0 Å². The maximum absolute atomic E-state index is 3.41. The Balaban J connectivity index is 2.41. The van der Waals surface area contributed by atoms with E-state index in [9.17, 15) is 0 Å². The number of hydrogen-bond acceptors (Lipinski definition) is 4. The Hall–Kier alpha value is 0.230. The minimum atomic E-state index is 0.330. The second-order valence-electron chi connectivity index (χ2n) is 5.03. The smallest absolute Gasteiger partial charge is 0.0261 e. The second kappa shape index (κ2) is 4.84. The first-order valence-electron chi connectivity index (χ1n) is 5.25. The summed E-state index contributed by atoms with van der Waals surface area (Å²) in [6.07, 6.45) is 0. The Labute approximate surface area is 92.5 Å². The molecule has 1 heterocycles. The van der Waals surface area contributed by atoms with Crippen LogP contribution in [0.4, 0.5) is 0 Å². The molecule has 1 unspecified atom stereocenters. The van der Waals surface area contributed by atoms with Crippen molar-refractivity contribution in [1.29, 1.82) is 0 Å². The summed E-state index contributed by atoms with van der Waals surface area (Å²) in [4.78, 5) is 0. The van der Waals surface area contributed by atoms with Gasteiger partial charge in [0.25, 0.3) is 0 Å². The molecule has 1 N–H and O–H groups in total. The van der Waals surface area contributed by atoms with Crippen molar-refractivity contribution < 1.29 is 0 Å². The molecule has 0 aliphatic carbocycles. The fraction of sp³-hybridized carbons (Fsp3) is 1.00. The molecule has 1 fully saturated rings. The Morgan fingerprint density at radius 3 is 2.36 bits per heavy atom. The van der Waals surface area contributed by atoms with Gasteiger partial charge in [0.2, 0.25) is 0 Å². The van der Waals surface area contributed by atoms with Crippen LogP contribution in [0, 0.1) is 5.41 Å². The minimum Gasteiger partial charge on any atom is -0.315 e. The molecule has 0 aromatic carbocycles. The van der Waals surface area contributed by atoms with Gasteiger partial charge in [-0.25, -0.2) is 8.61 Å². The van der Waals surface area contributed by atoms with Crippen LogP contribution in [0.2, 0.25) is 0 Å². The number of hydrogen-bond donors (Lipinski definition) is 1. The van der Waals surface area contributed by atoms with E-state index in [0.717, 1.165) is 6.54 Å². The summed E-state index contributed by atoms with van der Waals surface area (Å²) < 4.78 is 4.72. The van der Waals surface area contributed by atoms with Crippen LogP contribution in [0.3, 0.4) is 0 Å². The van der Waals surface area contributed by atoms with Crippen molar-refractivity contribution >= 4 is 12.1 Å². The van der Waals surface area contributed by atoms with E-state index in [1.807, 2.05) is 12.1 Å². The molecule has 1 aliphatic heterocycles. The third kappa shape index (κ3) is 3.42. The lowest BCUT2D eigenvalue weighted by molar-refractivity contribution is 0.245. The van der Waals surface area contributed by atoms with Crippen LogP contribution in [-0.2, 0) is 0 Å². The molecule has 0 spiro atoms. The summed E-state index contributed by atoms with van der Waals surface area (Å²) in [5.74, 6) is 0. The SMILES string of the molecule is CNC(CN1CCN(C)S1)C(C)(C)C. The quantitative estimate of drug-likeness (QED) is 0.721. The van der Waals surface area contributed by atoms with E-state index in [1.54, 1.807) is 0 Å². The van der Waals surface area contributed by atoms with E-state index >= 15 is 0 Å². The lowest BCUT2D eigenvalue weighted by Gasteiger charge is -2.33. The van der Waals surface area contributed by atoms with Crippen LogP contribution >= 0.6 is 12.1 Å². The lowest BCUT2D eigenvalue weighted by atomic mass is 9.87. The van der Waals surface area contributed by atoms with Gasteiger partial charge in [-0.2, -0.15) is 0 Å². The Morgan fingerprint density at radius 1 is 1.36 bits per heavy atom. The molecule has 0 aromatic heterocycles. The van der Waals surface area contributed by atoms with Gasteiger partial charge in [-0.15, -0.1) is 0 Å². The molecule has 0 aromatic rings. The van der Waals surface area contributed by atoms with E-state index in [-0.39, 0.29) is 0 Å². The van der Waals surface area contributed by atoms with E-state index in [0.29, 0.717) is 11.5 Å². The van der Waals surface area contributed by atoms with Crippen LogP contribution in [0.1, 0.15) is 20.8 Å². The third-order valence-electron chi connectivity index (χ3n) is 2.70. The maximum Gasteiger partial charge on any atom is 0.0261 e. The monoisotopic (exact) mass is 217 g/mol. The third-order valence-corrected chi connectivity index (χ3v) is 3.72. The summed E-state index contributed by atoms with van der Waals surface area (Å²) in [6.45, 7) is 10.3. The fourth-order valence-corrected chi connectivity index (χ4v) is 2.59. The molecule has 0 radical (unpaired) electrons. The molecular weight excluding hydrogens is 194 g/mol. The van der Waals surface area contributed by atoms with E-state index in [4.69, 9.17) is 0 Å². The van der Waals surface area contributed by atoms with Gasteiger partial charge in [0.15, 0.2) is 0 Å². The van der Waals surface area contributed by atoms with Gasteiger partial charge in [0.1, 0.15) is 0 Å². The molecule has 84 valence electrons. The number of nitrogens with one attached hydrogen (secondary N) is 1. The van der Waals surface area contributed by atoms with E-state index in [2.05, 4.69) is 48.8 Å². The zero-order chi connectivity index (χ0) is 10.8. The highest BCUT2D eigenvalue weighted by molar-refractivity contribution is 7.94. The molecular formula is C10H23N3S. The predicted molar refractivity (Wildman–Crippen MR) is 64.1 cm³/mol. The summed E-state index contributed by atoms with van der Waals surface area (Å²) in [6, 6.07) is 0.557. The molecule has 0 bridgehead atoms. The Kier molecular flexibility index (Phi) is 4.25. The van der Waals surface area contributed by atoms with Crippen molar-refractivity contribution in [1.82, 2.24) is 13.9 Å². The molecule has 0 saturated carbocycles. The summed E-state index contributed by atoms with van der Waals surface area (Å²) in [5.41, 5.74) is 0.330. The van der Waals surface area contributed by atoms with Crippen molar-refractivity contribution in [3.05, 3.63) is 0 Å². The second-order valence-corrected chi connectivity index (χ2v) is 6.33. The predicted octanol–water partition coefficient (Wildman–Crippen LogP) is 1.43. The first-order valence-corrected chi connectivity index (χ1v) is 5.98. The molecule has 4 heteroatoms. The maximum atomic E-state index is 3.41. The van der Waals surface area contributed by atoms with E-state index in [1.165, 1.54) is 13.1 Å². The zero-order valence-electron chi connectivity index (χ0n) is 10.0. The van der Waals surface area contributed by atoms with Crippen molar-refractivity contribution in [3.8, 4) is 0 Å². The highest BCUT2D eigenvalue weighted by Gasteiger charge is 2.28. The standard InChI is InChI=1S/C10H23N3S/c1-10(2,3)9(11-4)8-13-7-6-12(5)14-13/h9,11H,6-8H2,1-5H3. The number of nitrogens with zero attached hydrogens (tertiary/aromatic N) is 2. The molecule has 1 saturated heterocycles. The Morgan fingerprint density at radius 2 is 2.00 bits per heavy atom. The molecule has 14 heavy (non-hydrogen) atoms. The molecule has 1 aliphatic rings. The molecule has 1 atom stereocenters. The zero-order valence-corrected chi connectivity index (χ0v) is 10.8. The number of likely N-dealkylation sites (N-methyl/N-ethyl adjacent to an activating group) is 2. The van der Waals surface area contributed by atoms with Gasteiger partial charge < -0.3 is 5.32 Å². The molecule has 0 amide bonds. The van der Waals surface area contributed by atoms with Gasteiger partial charge in [-0.1, -0.05) is 20.8 Å². The van der Waals surface area contributed by atoms with Crippen LogP contribution < -0.4 is 5.32 Å². The van der Waals surface area contributed by atoms with Gasteiger partial charge in [0, 0.05) is 37.8 Å². The largest absolute Gasteiger partial charge is 0.315 e.